The fraction of sp³-hybridized carbons (Fsp3) is 0.400. The number of hydrogen-bond acceptors (Lipinski definition) is 3. The van der Waals surface area contributed by atoms with Crippen LogP contribution < -0.4 is 5.32 Å². The second-order valence-electron chi connectivity index (χ2n) is 4.65. The lowest BCUT2D eigenvalue weighted by Crippen LogP contribution is -2.19. The van der Waals surface area contributed by atoms with E-state index < -0.39 is 11.6 Å². The first-order chi connectivity index (χ1) is 10.2. The van der Waals surface area contributed by atoms with Crippen LogP contribution >= 0.6 is 0 Å². The van der Waals surface area contributed by atoms with Crippen LogP contribution in [-0.4, -0.2) is 30.0 Å². The molecule has 4 nitrogen and oxygen atoms in total. The van der Waals surface area contributed by atoms with Crippen LogP contribution in [0.15, 0.2) is 24.4 Å². The quantitative estimate of drug-likeness (QED) is 0.798. The monoisotopic (exact) mass is 295 g/mol. The van der Waals surface area contributed by atoms with Crippen molar-refractivity contribution in [1.82, 2.24) is 15.1 Å². The van der Waals surface area contributed by atoms with Gasteiger partial charge in [-0.15, -0.1) is 0 Å². The van der Waals surface area contributed by atoms with Gasteiger partial charge in [-0.1, -0.05) is 6.92 Å². The molecule has 0 saturated heterocycles. The van der Waals surface area contributed by atoms with E-state index in [1.165, 1.54) is 16.8 Å². The molecule has 1 heterocycles. The second-order valence-corrected chi connectivity index (χ2v) is 4.65. The molecule has 0 aliphatic rings. The number of methoxy groups -OCH3 is 1. The molecule has 21 heavy (non-hydrogen) atoms. The van der Waals surface area contributed by atoms with Crippen molar-refractivity contribution in [3.8, 4) is 5.69 Å². The Hall–Kier alpha value is -1.79. The summed E-state index contributed by atoms with van der Waals surface area (Å²) in [5, 5.41) is 7.46. The van der Waals surface area contributed by atoms with Crippen LogP contribution in [0.1, 0.15) is 18.2 Å². The highest BCUT2D eigenvalue weighted by atomic mass is 19.1. The van der Waals surface area contributed by atoms with Gasteiger partial charge in [0.25, 0.3) is 0 Å². The zero-order valence-corrected chi connectivity index (χ0v) is 12.2. The van der Waals surface area contributed by atoms with Crippen LogP contribution in [0.5, 0.6) is 0 Å². The molecule has 0 saturated carbocycles. The van der Waals surface area contributed by atoms with E-state index in [-0.39, 0.29) is 5.69 Å². The Bertz CT molecular complexity index is 599. The van der Waals surface area contributed by atoms with E-state index in [9.17, 15) is 8.78 Å². The summed E-state index contributed by atoms with van der Waals surface area (Å²) in [6.07, 6.45) is 2.42. The summed E-state index contributed by atoms with van der Waals surface area (Å²) < 4.78 is 33.4. The first kappa shape index (κ1) is 15.6. The van der Waals surface area contributed by atoms with E-state index in [2.05, 4.69) is 10.4 Å². The normalized spacial score (nSPS) is 11.0. The maximum atomic E-state index is 13.9. The van der Waals surface area contributed by atoms with Crippen molar-refractivity contribution in [1.29, 1.82) is 0 Å². The Balaban J connectivity index is 2.22. The Kier molecular flexibility index (Phi) is 5.41. The van der Waals surface area contributed by atoms with E-state index in [4.69, 9.17) is 4.74 Å². The minimum absolute atomic E-state index is 0.261. The number of aromatic nitrogens is 2. The van der Waals surface area contributed by atoms with Crippen LogP contribution in [0.2, 0.25) is 0 Å². The molecule has 1 aromatic heterocycles. The van der Waals surface area contributed by atoms with Gasteiger partial charge in [0.15, 0.2) is 5.82 Å². The van der Waals surface area contributed by atoms with Crippen LogP contribution in [0.4, 0.5) is 8.78 Å². The highest BCUT2D eigenvalue weighted by Gasteiger charge is 2.14. The average molecular weight is 295 g/mol. The predicted molar refractivity (Wildman–Crippen MR) is 76.4 cm³/mol. The largest absolute Gasteiger partial charge is 0.383 e. The van der Waals surface area contributed by atoms with Crippen molar-refractivity contribution in [3.63, 3.8) is 0 Å². The van der Waals surface area contributed by atoms with E-state index in [0.29, 0.717) is 19.6 Å². The Labute approximate surface area is 122 Å². The fourth-order valence-electron chi connectivity index (χ4n) is 2.19. The molecule has 0 aliphatic heterocycles. The van der Waals surface area contributed by atoms with Crippen LogP contribution in [0.25, 0.3) is 5.69 Å². The van der Waals surface area contributed by atoms with Crippen molar-refractivity contribution in [2.45, 2.75) is 19.9 Å². The van der Waals surface area contributed by atoms with Gasteiger partial charge in [0, 0.05) is 37.5 Å². The van der Waals surface area contributed by atoms with Crippen LogP contribution in [0.3, 0.4) is 0 Å². The molecule has 0 bridgehead atoms. The van der Waals surface area contributed by atoms with Crippen LogP contribution in [0, 0.1) is 11.6 Å². The Morgan fingerprint density at radius 1 is 1.33 bits per heavy atom. The smallest absolute Gasteiger partial charge is 0.151 e. The SMILES string of the molecule is CCc1c(CNCCOC)cnn1-c1ccc(F)cc1F. The summed E-state index contributed by atoms with van der Waals surface area (Å²) in [6.45, 7) is 3.97. The van der Waals surface area contributed by atoms with Crippen LogP contribution in [-0.2, 0) is 17.7 Å². The molecule has 0 amide bonds. The zero-order valence-electron chi connectivity index (χ0n) is 12.2. The lowest BCUT2D eigenvalue weighted by atomic mass is 10.2. The first-order valence-electron chi connectivity index (χ1n) is 6.88. The summed E-state index contributed by atoms with van der Waals surface area (Å²) in [7, 11) is 1.65. The Morgan fingerprint density at radius 2 is 2.14 bits per heavy atom. The summed E-state index contributed by atoms with van der Waals surface area (Å²) in [6, 6.07) is 3.50. The Morgan fingerprint density at radius 3 is 2.81 bits per heavy atom. The highest BCUT2D eigenvalue weighted by Crippen LogP contribution is 2.19. The zero-order chi connectivity index (χ0) is 15.2. The third-order valence-electron chi connectivity index (χ3n) is 3.23. The number of nitrogens with zero attached hydrogens (tertiary/aromatic N) is 2. The first-order valence-corrected chi connectivity index (χ1v) is 6.88. The van der Waals surface area contributed by atoms with Crippen molar-refractivity contribution in [2.24, 2.45) is 0 Å². The van der Waals surface area contributed by atoms with Gasteiger partial charge in [-0.05, 0) is 18.6 Å². The summed E-state index contributed by atoms with van der Waals surface area (Å²) in [5.41, 5.74) is 2.17. The number of halogens is 2. The molecule has 1 aromatic carbocycles. The molecule has 0 spiro atoms. The van der Waals surface area contributed by atoms with Gasteiger partial charge in [-0.3, -0.25) is 0 Å². The van der Waals surface area contributed by atoms with Crippen molar-refractivity contribution < 1.29 is 13.5 Å². The van der Waals surface area contributed by atoms with Crippen molar-refractivity contribution in [3.05, 3.63) is 47.3 Å². The van der Waals surface area contributed by atoms with Crippen molar-refractivity contribution >= 4 is 0 Å². The number of nitrogens with one attached hydrogen (secondary N) is 1. The fourth-order valence-corrected chi connectivity index (χ4v) is 2.19. The maximum absolute atomic E-state index is 13.9. The lowest BCUT2D eigenvalue weighted by Gasteiger charge is -2.09. The molecule has 114 valence electrons. The molecule has 2 rings (SSSR count). The van der Waals surface area contributed by atoms with Gasteiger partial charge in [0.05, 0.1) is 12.8 Å². The minimum Gasteiger partial charge on any atom is -0.383 e. The number of benzene rings is 1. The molecular formula is C15H19F2N3O. The van der Waals surface area contributed by atoms with Crippen molar-refractivity contribution in [2.75, 3.05) is 20.3 Å². The third-order valence-corrected chi connectivity index (χ3v) is 3.23. The topological polar surface area (TPSA) is 39.1 Å². The van der Waals surface area contributed by atoms with Gasteiger partial charge in [-0.2, -0.15) is 5.10 Å². The third kappa shape index (κ3) is 3.65. The summed E-state index contributed by atoms with van der Waals surface area (Å²) in [4.78, 5) is 0. The molecule has 0 fully saturated rings. The number of rotatable bonds is 7. The van der Waals surface area contributed by atoms with E-state index in [1.807, 2.05) is 6.92 Å². The minimum atomic E-state index is -0.619. The molecule has 2 aromatic rings. The standard InChI is InChI=1S/C15H19F2N3O/c1-3-14-11(9-18-6-7-21-2)10-19-20(14)15-5-4-12(16)8-13(15)17/h4-5,8,10,18H,3,6-7,9H2,1-2H3. The summed E-state index contributed by atoms with van der Waals surface area (Å²) in [5.74, 6) is -1.21. The molecular weight excluding hydrogens is 276 g/mol. The van der Waals surface area contributed by atoms with E-state index in [1.54, 1.807) is 13.3 Å². The molecule has 0 radical (unpaired) electrons. The maximum Gasteiger partial charge on any atom is 0.151 e. The second kappa shape index (κ2) is 7.28. The lowest BCUT2D eigenvalue weighted by molar-refractivity contribution is 0.199. The number of hydrogen-bond donors (Lipinski definition) is 1. The van der Waals surface area contributed by atoms with E-state index >= 15 is 0 Å². The van der Waals surface area contributed by atoms with Gasteiger partial charge in [0.1, 0.15) is 11.5 Å². The van der Waals surface area contributed by atoms with Gasteiger partial charge in [0.2, 0.25) is 0 Å². The van der Waals surface area contributed by atoms with Gasteiger partial charge >= 0.3 is 0 Å². The average Bonchev–Trinajstić information content (AvgIpc) is 2.86. The van der Waals surface area contributed by atoms with E-state index in [0.717, 1.165) is 23.9 Å². The molecule has 0 atom stereocenters. The summed E-state index contributed by atoms with van der Waals surface area (Å²) >= 11 is 0. The van der Waals surface area contributed by atoms with Gasteiger partial charge in [-0.25, -0.2) is 13.5 Å². The molecule has 6 heteroatoms. The number of ether oxygens (including phenoxy) is 1. The molecule has 0 aliphatic carbocycles. The molecule has 0 unspecified atom stereocenters. The van der Waals surface area contributed by atoms with Gasteiger partial charge < -0.3 is 10.1 Å². The predicted octanol–water partition coefficient (Wildman–Crippen LogP) is 2.45. The highest BCUT2D eigenvalue weighted by molar-refractivity contribution is 5.37. The molecule has 1 N–H and O–H groups in total.